The minimum Gasteiger partial charge on any atom is -0.313 e. The van der Waals surface area contributed by atoms with Gasteiger partial charge in [-0.1, -0.05) is 50.0 Å². The van der Waals surface area contributed by atoms with Gasteiger partial charge in [0.15, 0.2) is 0 Å². The molecule has 0 aliphatic carbocycles. The molecule has 0 fully saturated rings. The van der Waals surface area contributed by atoms with Crippen LogP contribution in [-0.4, -0.2) is 12.6 Å². The maximum Gasteiger partial charge on any atom is 0.0453 e. The van der Waals surface area contributed by atoms with Crippen molar-refractivity contribution in [1.29, 1.82) is 0 Å². The van der Waals surface area contributed by atoms with Gasteiger partial charge in [-0.15, -0.1) is 0 Å². The molecule has 0 aromatic heterocycles. The molecule has 0 amide bonds. The van der Waals surface area contributed by atoms with Crippen molar-refractivity contribution in [2.24, 2.45) is 5.92 Å². The van der Waals surface area contributed by atoms with Crippen molar-refractivity contribution < 1.29 is 0 Å². The van der Waals surface area contributed by atoms with E-state index in [9.17, 15) is 0 Å². The van der Waals surface area contributed by atoms with E-state index in [0.29, 0.717) is 17.0 Å². The number of hydrogen-bond donors (Lipinski definition) is 1. The third kappa shape index (κ3) is 4.87. The van der Waals surface area contributed by atoms with Gasteiger partial charge in [-0.25, -0.2) is 0 Å². The van der Waals surface area contributed by atoms with E-state index in [4.69, 9.17) is 23.2 Å². The molecule has 0 bridgehead atoms. The summed E-state index contributed by atoms with van der Waals surface area (Å²) < 4.78 is 0. The molecule has 0 radical (unpaired) electrons. The normalized spacial score (nSPS) is 13.1. The monoisotopic (exact) mass is 273 g/mol. The van der Waals surface area contributed by atoms with Crippen LogP contribution in [0.15, 0.2) is 18.2 Å². The van der Waals surface area contributed by atoms with Crippen LogP contribution in [0, 0.1) is 5.92 Å². The summed E-state index contributed by atoms with van der Waals surface area (Å²) in [6.07, 6.45) is 2.10. The van der Waals surface area contributed by atoms with Crippen LogP contribution in [0.3, 0.4) is 0 Å². The van der Waals surface area contributed by atoms with Crippen molar-refractivity contribution in [1.82, 2.24) is 5.32 Å². The molecule has 1 aromatic rings. The van der Waals surface area contributed by atoms with Crippen LogP contribution >= 0.6 is 23.2 Å². The Hall–Kier alpha value is -0.240. The van der Waals surface area contributed by atoms with Crippen molar-refractivity contribution in [2.45, 2.75) is 39.7 Å². The molecule has 3 heteroatoms. The highest BCUT2D eigenvalue weighted by atomic mass is 35.5. The third-order valence-corrected chi connectivity index (χ3v) is 3.65. The molecular weight excluding hydrogens is 253 g/mol. The average molecular weight is 274 g/mol. The zero-order valence-corrected chi connectivity index (χ0v) is 12.3. The van der Waals surface area contributed by atoms with Gasteiger partial charge in [0.05, 0.1) is 0 Å². The highest BCUT2D eigenvalue weighted by molar-refractivity contribution is 6.35. The summed E-state index contributed by atoms with van der Waals surface area (Å²) in [5.41, 5.74) is 1.15. The first kappa shape index (κ1) is 14.8. The first-order valence-electron chi connectivity index (χ1n) is 6.22. The molecule has 17 heavy (non-hydrogen) atoms. The molecule has 0 aliphatic heterocycles. The van der Waals surface area contributed by atoms with Crippen LogP contribution in [0.1, 0.15) is 32.8 Å². The minimum atomic E-state index is 0.584. The second-order valence-corrected chi connectivity index (χ2v) is 5.54. The number of nitrogens with one attached hydrogen (secondary N) is 1. The van der Waals surface area contributed by atoms with Crippen molar-refractivity contribution in [3.63, 3.8) is 0 Å². The summed E-state index contributed by atoms with van der Waals surface area (Å²) in [4.78, 5) is 0. The van der Waals surface area contributed by atoms with E-state index in [1.807, 2.05) is 12.1 Å². The lowest BCUT2D eigenvalue weighted by Crippen LogP contribution is -2.34. The van der Waals surface area contributed by atoms with Gasteiger partial charge in [-0.3, -0.25) is 0 Å². The Labute approximate surface area is 115 Å². The fourth-order valence-electron chi connectivity index (χ4n) is 1.97. The minimum absolute atomic E-state index is 0.584. The predicted octanol–water partition coefficient (Wildman–Crippen LogP) is 4.56. The smallest absolute Gasteiger partial charge is 0.0453 e. The number of hydrogen-bond acceptors (Lipinski definition) is 1. The standard InChI is InChI=1S/C14H21Cl2N/c1-4-14(10(2)3)17-8-7-11-5-6-12(15)9-13(11)16/h5-6,9-10,14,17H,4,7-8H2,1-3H3. The van der Waals surface area contributed by atoms with Gasteiger partial charge < -0.3 is 5.32 Å². The summed E-state index contributed by atoms with van der Waals surface area (Å²) in [5.74, 6) is 0.667. The summed E-state index contributed by atoms with van der Waals surface area (Å²) in [6, 6.07) is 6.28. The van der Waals surface area contributed by atoms with Crippen molar-refractivity contribution in [3.05, 3.63) is 33.8 Å². The second-order valence-electron chi connectivity index (χ2n) is 4.70. The Morgan fingerprint density at radius 3 is 2.47 bits per heavy atom. The lowest BCUT2D eigenvalue weighted by Gasteiger charge is -2.20. The molecule has 0 saturated heterocycles. The van der Waals surface area contributed by atoms with Crippen LogP contribution in [-0.2, 0) is 6.42 Å². The number of rotatable bonds is 6. The van der Waals surface area contributed by atoms with Crippen LogP contribution in [0.5, 0.6) is 0 Å². The SMILES string of the molecule is CCC(NCCc1ccc(Cl)cc1Cl)C(C)C. The van der Waals surface area contributed by atoms with Gasteiger partial charge >= 0.3 is 0 Å². The highest BCUT2D eigenvalue weighted by Crippen LogP contribution is 2.21. The maximum absolute atomic E-state index is 6.13. The van der Waals surface area contributed by atoms with E-state index in [-0.39, 0.29) is 0 Å². The van der Waals surface area contributed by atoms with Gasteiger partial charge in [0.2, 0.25) is 0 Å². The zero-order valence-electron chi connectivity index (χ0n) is 10.8. The molecule has 1 nitrogen and oxygen atoms in total. The van der Waals surface area contributed by atoms with Crippen LogP contribution in [0.25, 0.3) is 0 Å². The first-order valence-corrected chi connectivity index (χ1v) is 6.97. The molecule has 0 aliphatic rings. The molecule has 0 spiro atoms. The molecule has 1 rings (SSSR count). The molecule has 0 heterocycles. The summed E-state index contributed by atoms with van der Waals surface area (Å²) in [5, 5.41) is 5.02. The Morgan fingerprint density at radius 2 is 1.94 bits per heavy atom. The fraction of sp³-hybridized carbons (Fsp3) is 0.571. The van der Waals surface area contributed by atoms with Gasteiger partial charge in [-0.2, -0.15) is 0 Å². The molecule has 1 aromatic carbocycles. The van der Waals surface area contributed by atoms with Gasteiger partial charge in [0.1, 0.15) is 0 Å². The summed E-state index contributed by atoms with van der Waals surface area (Å²) >= 11 is 12.0. The second kappa shape index (κ2) is 7.25. The summed E-state index contributed by atoms with van der Waals surface area (Å²) in [6.45, 7) is 7.66. The number of benzene rings is 1. The van der Waals surface area contributed by atoms with Crippen LogP contribution < -0.4 is 5.32 Å². The van der Waals surface area contributed by atoms with E-state index in [1.165, 1.54) is 0 Å². The maximum atomic E-state index is 6.13. The van der Waals surface area contributed by atoms with E-state index < -0.39 is 0 Å². The first-order chi connectivity index (χ1) is 8.04. The Kier molecular flexibility index (Phi) is 6.32. The fourth-order valence-corrected chi connectivity index (χ4v) is 2.47. The Balaban J connectivity index is 2.45. The van der Waals surface area contributed by atoms with Crippen molar-refractivity contribution in [3.8, 4) is 0 Å². The van der Waals surface area contributed by atoms with Gasteiger partial charge in [0, 0.05) is 16.1 Å². The molecule has 96 valence electrons. The largest absolute Gasteiger partial charge is 0.313 e. The molecular formula is C14H21Cl2N. The molecule has 1 unspecified atom stereocenters. The molecule has 0 saturated carbocycles. The lowest BCUT2D eigenvalue weighted by atomic mass is 10.0. The van der Waals surface area contributed by atoms with E-state index in [1.54, 1.807) is 6.07 Å². The van der Waals surface area contributed by atoms with Gasteiger partial charge in [0.25, 0.3) is 0 Å². The zero-order chi connectivity index (χ0) is 12.8. The van der Waals surface area contributed by atoms with E-state index >= 15 is 0 Å². The summed E-state index contributed by atoms with van der Waals surface area (Å²) in [7, 11) is 0. The molecule has 1 atom stereocenters. The van der Waals surface area contributed by atoms with Crippen LogP contribution in [0.4, 0.5) is 0 Å². The topological polar surface area (TPSA) is 12.0 Å². The van der Waals surface area contributed by atoms with Gasteiger partial charge in [-0.05, 0) is 43.0 Å². The van der Waals surface area contributed by atoms with Crippen LogP contribution in [0.2, 0.25) is 10.0 Å². The Bertz CT molecular complexity index is 350. The quantitative estimate of drug-likeness (QED) is 0.801. The average Bonchev–Trinajstić information content (AvgIpc) is 2.26. The van der Waals surface area contributed by atoms with Crippen molar-refractivity contribution in [2.75, 3.05) is 6.54 Å². The Morgan fingerprint density at radius 1 is 1.24 bits per heavy atom. The predicted molar refractivity (Wildman–Crippen MR) is 77.1 cm³/mol. The number of halogens is 2. The third-order valence-electron chi connectivity index (χ3n) is 3.06. The molecule has 1 N–H and O–H groups in total. The lowest BCUT2D eigenvalue weighted by molar-refractivity contribution is 0.391. The highest BCUT2D eigenvalue weighted by Gasteiger charge is 2.09. The van der Waals surface area contributed by atoms with Crippen molar-refractivity contribution >= 4 is 23.2 Å². The van der Waals surface area contributed by atoms with E-state index in [0.717, 1.165) is 30.0 Å². The van der Waals surface area contributed by atoms with E-state index in [2.05, 4.69) is 26.1 Å².